The molecule has 0 saturated carbocycles. The van der Waals surface area contributed by atoms with Crippen LogP contribution in [0.5, 0.6) is 5.88 Å². The molecule has 0 aliphatic carbocycles. The van der Waals surface area contributed by atoms with Gasteiger partial charge in [-0.25, -0.2) is 0 Å². The van der Waals surface area contributed by atoms with E-state index < -0.39 is 0 Å². The predicted octanol–water partition coefficient (Wildman–Crippen LogP) is 1.95. The van der Waals surface area contributed by atoms with Gasteiger partial charge in [0.25, 0.3) is 0 Å². The molecule has 1 fully saturated rings. The minimum atomic E-state index is 0.248. The largest absolute Gasteiger partial charge is 0.477 e. The lowest BCUT2D eigenvalue weighted by atomic mass is 9.98. The van der Waals surface area contributed by atoms with Gasteiger partial charge in [0.1, 0.15) is 0 Å². The van der Waals surface area contributed by atoms with Crippen molar-refractivity contribution in [3.05, 3.63) is 24.1 Å². The summed E-state index contributed by atoms with van der Waals surface area (Å²) >= 11 is 0. The molecule has 7 nitrogen and oxygen atoms in total. The van der Waals surface area contributed by atoms with E-state index in [1.807, 2.05) is 13.8 Å². The van der Waals surface area contributed by atoms with Crippen molar-refractivity contribution in [3.8, 4) is 5.88 Å². The Hall–Kier alpha value is -2.18. The minimum Gasteiger partial charge on any atom is -0.477 e. The van der Waals surface area contributed by atoms with Crippen molar-refractivity contribution in [2.75, 3.05) is 24.6 Å². The van der Waals surface area contributed by atoms with E-state index in [0.29, 0.717) is 24.2 Å². The van der Waals surface area contributed by atoms with Gasteiger partial charge in [-0.2, -0.15) is 9.97 Å². The Morgan fingerprint density at radius 3 is 3.05 bits per heavy atom. The Labute approximate surface area is 123 Å². The van der Waals surface area contributed by atoms with Crippen molar-refractivity contribution < 1.29 is 9.26 Å². The minimum absolute atomic E-state index is 0.248. The van der Waals surface area contributed by atoms with Crippen LogP contribution < -0.4 is 9.64 Å². The molecular weight excluding hydrogens is 270 g/mol. The smallest absolute Gasteiger partial charge is 0.234 e. The highest BCUT2D eigenvalue weighted by Crippen LogP contribution is 2.28. The number of ether oxygens (including phenoxy) is 1. The van der Waals surface area contributed by atoms with E-state index in [9.17, 15) is 0 Å². The van der Waals surface area contributed by atoms with Crippen LogP contribution in [-0.4, -0.2) is 39.8 Å². The molecule has 0 N–H and O–H groups in total. The summed E-state index contributed by atoms with van der Waals surface area (Å²) in [5.41, 5.74) is 0. The summed E-state index contributed by atoms with van der Waals surface area (Å²) in [5.74, 6) is 3.04. The molecular formula is C14H19N5O2. The highest BCUT2D eigenvalue weighted by Gasteiger charge is 2.26. The molecule has 1 aliphatic rings. The van der Waals surface area contributed by atoms with E-state index in [2.05, 4.69) is 25.0 Å². The highest BCUT2D eigenvalue weighted by molar-refractivity contribution is 5.38. The molecule has 1 aliphatic heterocycles. The molecule has 0 unspecified atom stereocenters. The van der Waals surface area contributed by atoms with E-state index in [-0.39, 0.29) is 5.92 Å². The molecule has 1 saturated heterocycles. The molecule has 3 rings (SSSR count). The lowest BCUT2D eigenvalue weighted by Gasteiger charge is -2.31. The van der Waals surface area contributed by atoms with E-state index in [4.69, 9.17) is 9.26 Å². The normalized spacial score (nSPS) is 18.8. The van der Waals surface area contributed by atoms with Gasteiger partial charge in [-0.1, -0.05) is 5.16 Å². The van der Waals surface area contributed by atoms with Crippen molar-refractivity contribution in [2.24, 2.45) is 0 Å². The topological polar surface area (TPSA) is 77.2 Å². The monoisotopic (exact) mass is 289 g/mol. The lowest BCUT2D eigenvalue weighted by molar-refractivity contribution is 0.322. The fraction of sp³-hybridized carbons (Fsp3) is 0.571. The average molecular weight is 289 g/mol. The molecule has 0 spiro atoms. The Balaban J connectivity index is 1.75. The van der Waals surface area contributed by atoms with Crippen LogP contribution in [0.15, 0.2) is 16.9 Å². The maximum Gasteiger partial charge on any atom is 0.234 e. The highest BCUT2D eigenvalue weighted by atomic mass is 16.5. The van der Waals surface area contributed by atoms with Gasteiger partial charge in [0, 0.05) is 13.1 Å². The summed E-state index contributed by atoms with van der Waals surface area (Å²) in [5, 5.41) is 3.88. The van der Waals surface area contributed by atoms with Gasteiger partial charge in [0.05, 0.1) is 24.9 Å². The summed E-state index contributed by atoms with van der Waals surface area (Å²) in [7, 11) is 0. The second-order valence-corrected chi connectivity index (χ2v) is 5.11. The van der Waals surface area contributed by atoms with Crippen molar-refractivity contribution in [1.82, 2.24) is 20.1 Å². The predicted molar refractivity (Wildman–Crippen MR) is 76.4 cm³/mol. The van der Waals surface area contributed by atoms with Gasteiger partial charge in [-0.3, -0.25) is 4.98 Å². The molecule has 0 radical (unpaired) electrons. The number of piperidine rings is 1. The number of anilines is 1. The first kappa shape index (κ1) is 13.8. The van der Waals surface area contributed by atoms with Crippen LogP contribution in [-0.2, 0) is 0 Å². The van der Waals surface area contributed by atoms with E-state index in [1.165, 1.54) is 0 Å². The number of aromatic nitrogens is 4. The maximum atomic E-state index is 5.41. The van der Waals surface area contributed by atoms with Crippen LogP contribution in [0, 0.1) is 6.92 Å². The zero-order valence-electron chi connectivity index (χ0n) is 12.3. The first-order chi connectivity index (χ1) is 10.3. The number of rotatable bonds is 4. The molecule has 0 amide bonds. The second kappa shape index (κ2) is 6.07. The maximum absolute atomic E-state index is 5.41. The summed E-state index contributed by atoms with van der Waals surface area (Å²) in [6, 6.07) is 0. The van der Waals surface area contributed by atoms with Crippen molar-refractivity contribution in [2.45, 2.75) is 32.6 Å². The standard InChI is InChI=1S/C14H19N5O2/c1-3-20-13-8-15-7-12(17-13)19-6-4-5-11(9-19)14-16-10(2)18-21-14/h7-8,11H,3-6,9H2,1-2H3/t11-/m0/s1. The van der Waals surface area contributed by atoms with Gasteiger partial charge in [0.2, 0.25) is 11.8 Å². The van der Waals surface area contributed by atoms with Crippen molar-refractivity contribution >= 4 is 5.82 Å². The Kier molecular flexibility index (Phi) is 3.98. The second-order valence-electron chi connectivity index (χ2n) is 5.11. The van der Waals surface area contributed by atoms with Gasteiger partial charge < -0.3 is 14.2 Å². The molecule has 1 atom stereocenters. The molecule has 0 aromatic carbocycles. The van der Waals surface area contributed by atoms with Gasteiger partial charge in [-0.05, 0) is 26.7 Å². The summed E-state index contributed by atoms with van der Waals surface area (Å²) in [6.45, 7) is 6.12. The summed E-state index contributed by atoms with van der Waals surface area (Å²) < 4.78 is 10.7. The first-order valence-corrected chi connectivity index (χ1v) is 7.26. The van der Waals surface area contributed by atoms with Crippen LogP contribution in [0.25, 0.3) is 0 Å². The molecule has 3 heterocycles. The molecule has 21 heavy (non-hydrogen) atoms. The third-order valence-electron chi connectivity index (χ3n) is 3.53. The lowest BCUT2D eigenvalue weighted by Crippen LogP contribution is -2.35. The van der Waals surface area contributed by atoms with Gasteiger partial charge in [0.15, 0.2) is 11.6 Å². The van der Waals surface area contributed by atoms with Crippen molar-refractivity contribution in [1.29, 1.82) is 0 Å². The van der Waals surface area contributed by atoms with E-state index in [1.54, 1.807) is 12.4 Å². The van der Waals surface area contributed by atoms with Gasteiger partial charge >= 0.3 is 0 Å². The zero-order chi connectivity index (χ0) is 14.7. The number of hydrogen-bond acceptors (Lipinski definition) is 7. The number of hydrogen-bond donors (Lipinski definition) is 0. The zero-order valence-corrected chi connectivity index (χ0v) is 12.3. The molecule has 7 heteroatoms. The summed E-state index contributed by atoms with van der Waals surface area (Å²) in [6.07, 6.45) is 5.52. The van der Waals surface area contributed by atoms with Crippen molar-refractivity contribution in [3.63, 3.8) is 0 Å². The average Bonchev–Trinajstić information content (AvgIpc) is 2.95. The molecule has 112 valence electrons. The third kappa shape index (κ3) is 3.12. The third-order valence-corrected chi connectivity index (χ3v) is 3.53. The molecule has 0 bridgehead atoms. The van der Waals surface area contributed by atoms with E-state index >= 15 is 0 Å². The van der Waals surface area contributed by atoms with E-state index in [0.717, 1.165) is 31.7 Å². The fourth-order valence-electron chi connectivity index (χ4n) is 2.57. The van der Waals surface area contributed by atoms with Crippen LogP contribution >= 0.6 is 0 Å². The Bertz CT molecular complexity index is 601. The van der Waals surface area contributed by atoms with Crippen LogP contribution in [0.3, 0.4) is 0 Å². The van der Waals surface area contributed by atoms with Crippen LogP contribution in [0.4, 0.5) is 5.82 Å². The fourth-order valence-corrected chi connectivity index (χ4v) is 2.57. The quantitative estimate of drug-likeness (QED) is 0.851. The van der Waals surface area contributed by atoms with Crippen LogP contribution in [0.1, 0.15) is 37.4 Å². The molecule has 2 aromatic rings. The summed E-state index contributed by atoms with van der Waals surface area (Å²) in [4.78, 5) is 15.2. The Morgan fingerprint density at radius 2 is 2.29 bits per heavy atom. The van der Waals surface area contributed by atoms with Gasteiger partial charge in [-0.15, -0.1) is 0 Å². The SMILES string of the molecule is CCOc1cncc(N2CCC[C@H](c3nc(C)no3)C2)n1. The first-order valence-electron chi connectivity index (χ1n) is 7.26. The molecule has 2 aromatic heterocycles. The Morgan fingerprint density at radius 1 is 1.38 bits per heavy atom. The number of aryl methyl sites for hydroxylation is 1. The number of nitrogens with zero attached hydrogens (tertiary/aromatic N) is 5. The van der Waals surface area contributed by atoms with Crippen LogP contribution in [0.2, 0.25) is 0 Å².